The van der Waals surface area contributed by atoms with Crippen LogP contribution >= 0.6 is 15.9 Å². The van der Waals surface area contributed by atoms with Gasteiger partial charge in [0.25, 0.3) is 0 Å². The zero-order chi connectivity index (χ0) is 15.4. The molecule has 0 saturated carbocycles. The number of ketones is 1. The SMILES string of the molecule is COc1ccc(Br)c(/C=C/C(=O)c2cc(O)ccc2O)c1. The first-order valence-electron chi connectivity index (χ1n) is 6.09. The third-order valence-corrected chi connectivity index (χ3v) is 3.59. The van der Waals surface area contributed by atoms with E-state index in [0.717, 1.165) is 10.0 Å². The minimum absolute atomic E-state index is 0.0465. The molecule has 0 aliphatic heterocycles. The van der Waals surface area contributed by atoms with Crippen molar-refractivity contribution < 1.29 is 19.7 Å². The molecule has 5 heteroatoms. The van der Waals surface area contributed by atoms with Crippen molar-refractivity contribution >= 4 is 27.8 Å². The zero-order valence-electron chi connectivity index (χ0n) is 11.2. The number of hydrogen-bond acceptors (Lipinski definition) is 4. The van der Waals surface area contributed by atoms with E-state index in [-0.39, 0.29) is 17.1 Å². The molecule has 0 atom stereocenters. The van der Waals surface area contributed by atoms with Gasteiger partial charge in [-0.1, -0.05) is 15.9 Å². The Morgan fingerprint density at radius 2 is 1.95 bits per heavy atom. The van der Waals surface area contributed by atoms with Crippen molar-refractivity contribution in [3.63, 3.8) is 0 Å². The van der Waals surface area contributed by atoms with Crippen molar-refractivity contribution in [1.82, 2.24) is 0 Å². The maximum absolute atomic E-state index is 12.1. The number of carbonyl (C=O) groups excluding carboxylic acids is 1. The molecule has 0 saturated heterocycles. The van der Waals surface area contributed by atoms with E-state index < -0.39 is 5.78 Å². The standard InChI is InChI=1S/C16H13BrO4/c1-21-12-4-5-14(17)10(8-12)2-6-15(19)13-9-11(18)3-7-16(13)20/h2-9,18,20H,1H3/b6-2+. The Morgan fingerprint density at radius 3 is 2.67 bits per heavy atom. The van der Waals surface area contributed by atoms with Gasteiger partial charge in [0.05, 0.1) is 12.7 Å². The smallest absolute Gasteiger partial charge is 0.189 e. The van der Waals surface area contributed by atoms with Gasteiger partial charge in [-0.05, 0) is 54.1 Å². The number of phenolic OH excluding ortho intramolecular Hbond substituents is 2. The summed E-state index contributed by atoms with van der Waals surface area (Å²) in [6, 6.07) is 9.20. The number of benzene rings is 2. The average Bonchev–Trinajstić information content (AvgIpc) is 2.48. The van der Waals surface area contributed by atoms with E-state index in [4.69, 9.17) is 4.74 Å². The molecule has 0 heterocycles. The first kappa shape index (κ1) is 15.1. The fraction of sp³-hybridized carbons (Fsp3) is 0.0625. The molecule has 0 fully saturated rings. The highest BCUT2D eigenvalue weighted by Crippen LogP contribution is 2.25. The number of ether oxygens (including phenoxy) is 1. The first-order valence-corrected chi connectivity index (χ1v) is 6.88. The molecule has 0 spiro atoms. The Morgan fingerprint density at radius 1 is 1.19 bits per heavy atom. The fourth-order valence-corrected chi connectivity index (χ4v) is 2.13. The molecule has 0 aliphatic carbocycles. The number of aromatic hydroxyl groups is 2. The normalized spacial score (nSPS) is 10.8. The Bertz CT molecular complexity index is 707. The predicted molar refractivity (Wildman–Crippen MR) is 83.8 cm³/mol. The third-order valence-electron chi connectivity index (χ3n) is 2.86. The van der Waals surface area contributed by atoms with Crippen LogP contribution in [-0.2, 0) is 0 Å². The van der Waals surface area contributed by atoms with Crippen molar-refractivity contribution in [1.29, 1.82) is 0 Å². The van der Waals surface area contributed by atoms with Crippen molar-refractivity contribution in [3.05, 3.63) is 58.1 Å². The summed E-state index contributed by atoms with van der Waals surface area (Å²) in [5.41, 5.74) is 0.813. The Hall–Kier alpha value is -2.27. The van der Waals surface area contributed by atoms with Gasteiger partial charge in [-0.15, -0.1) is 0 Å². The van der Waals surface area contributed by atoms with E-state index >= 15 is 0 Å². The summed E-state index contributed by atoms with van der Waals surface area (Å²) >= 11 is 3.38. The van der Waals surface area contributed by atoms with Gasteiger partial charge in [-0.2, -0.15) is 0 Å². The number of allylic oxidation sites excluding steroid dienone is 1. The van der Waals surface area contributed by atoms with Crippen LogP contribution < -0.4 is 4.74 Å². The minimum atomic E-state index is -0.405. The summed E-state index contributed by atoms with van der Waals surface area (Å²) in [4.78, 5) is 12.1. The lowest BCUT2D eigenvalue weighted by atomic mass is 10.1. The van der Waals surface area contributed by atoms with Gasteiger partial charge in [0, 0.05) is 4.47 Å². The molecule has 2 aromatic rings. The zero-order valence-corrected chi connectivity index (χ0v) is 12.8. The summed E-state index contributed by atoms with van der Waals surface area (Å²) in [5.74, 6) is 0.0166. The van der Waals surface area contributed by atoms with E-state index in [9.17, 15) is 15.0 Å². The second-order valence-corrected chi connectivity index (χ2v) is 5.14. The monoisotopic (exact) mass is 348 g/mol. The van der Waals surface area contributed by atoms with Gasteiger partial charge in [0.2, 0.25) is 0 Å². The molecule has 2 N–H and O–H groups in total. The van der Waals surface area contributed by atoms with Crippen molar-refractivity contribution in [3.8, 4) is 17.2 Å². The Labute approximate surface area is 130 Å². The number of phenols is 2. The molecule has 0 aromatic heterocycles. The molecule has 4 nitrogen and oxygen atoms in total. The van der Waals surface area contributed by atoms with Crippen molar-refractivity contribution in [2.75, 3.05) is 7.11 Å². The fourth-order valence-electron chi connectivity index (χ4n) is 1.75. The van der Waals surface area contributed by atoms with Gasteiger partial charge >= 0.3 is 0 Å². The van der Waals surface area contributed by atoms with E-state index in [1.54, 1.807) is 25.3 Å². The Kier molecular flexibility index (Phi) is 4.65. The van der Waals surface area contributed by atoms with Crippen LogP contribution in [0.25, 0.3) is 6.08 Å². The van der Waals surface area contributed by atoms with Crippen LogP contribution in [0.2, 0.25) is 0 Å². The number of methoxy groups -OCH3 is 1. The van der Waals surface area contributed by atoms with E-state index in [0.29, 0.717) is 5.75 Å². The highest BCUT2D eigenvalue weighted by Gasteiger charge is 2.09. The van der Waals surface area contributed by atoms with E-state index in [2.05, 4.69) is 15.9 Å². The topological polar surface area (TPSA) is 66.8 Å². The van der Waals surface area contributed by atoms with E-state index in [1.807, 2.05) is 6.07 Å². The van der Waals surface area contributed by atoms with Gasteiger partial charge < -0.3 is 14.9 Å². The largest absolute Gasteiger partial charge is 0.508 e. The highest BCUT2D eigenvalue weighted by atomic mass is 79.9. The lowest BCUT2D eigenvalue weighted by Gasteiger charge is -2.04. The molecule has 108 valence electrons. The van der Waals surface area contributed by atoms with Crippen LogP contribution in [0.15, 0.2) is 46.9 Å². The van der Waals surface area contributed by atoms with Crippen molar-refractivity contribution in [2.45, 2.75) is 0 Å². The summed E-state index contributed by atoms with van der Waals surface area (Å²) < 4.78 is 5.94. The number of rotatable bonds is 4. The third kappa shape index (κ3) is 3.64. The summed E-state index contributed by atoms with van der Waals surface area (Å²) in [6.45, 7) is 0. The van der Waals surface area contributed by atoms with Crippen molar-refractivity contribution in [2.24, 2.45) is 0 Å². The highest BCUT2D eigenvalue weighted by molar-refractivity contribution is 9.10. The lowest BCUT2D eigenvalue weighted by Crippen LogP contribution is -1.94. The van der Waals surface area contributed by atoms with Crippen LogP contribution in [0.5, 0.6) is 17.2 Å². The van der Waals surface area contributed by atoms with Crippen LogP contribution in [0.4, 0.5) is 0 Å². The van der Waals surface area contributed by atoms with Crippen LogP contribution in [0, 0.1) is 0 Å². The number of carbonyl (C=O) groups is 1. The molecule has 0 unspecified atom stereocenters. The van der Waals surface area contributed by atoms with Gasteiger partial charge in [0.15, 0.2) is 5.78 Å². The maximum atomic E-state index is 12.1. The second-order valence-electron chi connectivity index (χ2n) is 4.29. The summed E-state index contributed by atoms with van der Waals surface area (Å²) in [7, 11) is 1.56. The molecule has 0 bridgehead atoms. The molecular formula is C16H13BrO4. The minimum Gasteiger partial charge on any atom is -0.508 e. The molecular weight excluding hydrogens is 336 g/mol. The first-order chi connectivity index (χ1) is 10.0. The molecule has 0 aliphatic rings. The van der Waals surface area contributed by atoms with Crippen LogP contribution in [0.1, 0.15) is 15.9 Å². The van der Waals surface area contributed by atoms with Gasteiger partial charge in [-0.25, -0.2) is 0 Å². The molecule has 21 heavy (non-hydrogen) atoms. The maximum Gasteiger partial charge on any atom is 0.189 e. The average molecular weight is 349 g/mol. The molecule has 2 rings (SSSR count). The number of hydrogen-bond donors (Lipinski definition) is 2. The van der Waals surface area contributed by atoms with Gasteiger partial charge in [0.1, 0.15) is 17.2 Å². The van der Waals surface area contributed by atoms with Crippen LogP contribution in [-0.4, -0.2) is 23.1 Å². The molecule has 2 aromatic carbocycles. The van der Waals surface area contributed by atoms with Gasteiger partial charge in [-0.3, -0.25) is 4.79 Å². The Balaban J connectivity index is 2.28. The second kappa shape index (κ2) is 6.45. The summed E-state index contributed by atoms with van der Waals surface area (Å²) in [5, 5.41) is 19.0. The predicted octanol–water partition coefficient (Wildman–Crippen LogP) is 3.77. The molecule has 0 radical (unpaired) electrons. The van der Waals surface area contributed by atoms with Crippen LogP contribution in [0.3, 0.4) is 0 Å². The quantitative estimate of drug-likeness (QED) is 0.501. The molecule has 0 amide bonds. The number of halogens is 1. The van der Waals surface area contributed by atoms with E-state index in [1.165, 1.54) is 24.3 Å². The summed E-state index contributed by atoms with van der Waals surface area (Å²) in [6.07, 6.45) is 2.94. The lowest BCUT2D eigenvalue weighted by molar-refractivity contribution is 0.104.